The molecule has 1 heterocycles. The number of hydrogen-bond donors (Lipinski definition) is 3. The van der Waals surface area contributed by atoms with Crippen LogP contribution in [-0.2, 0) is 6.42 Å². The van der Waals surface area contributed by atoms with Crippen molar-refractivity contribution in [1.82, 2.24) is 0 Å². The van der Waals surface area contributed by atoms with Gasteiger partial charge in [0, 0.05) is 18.1 Å². The molecule has 0 aliphatic rings. The number of fused-ring (bicyclic) bond motifs is 1. The first-order valence-corrected chi connectivity index (χ1v) is 5.84. The first-order valence-electron chi connectivity index (χ1n) is 5.84. The van der Waals surface area contributed by atoms with E-state index in [0.29, 0.717) is 12.0 Å². The van der Waals surface area contributed by atoms with Crippen molar-refractivity contribution < 1.29 is 19.7 Å². The van der Waals surface area contributed by atoms with Crippen molar-refractivity contribution in [2.45, 2.75) is 6.42 Å². The van der Waals surface area contributed by atoms with Gasteiger partial charge in [-0.2, -0.15) is 0 Å². The maximum Gasteiger partial charge on any atom is 0.165 e. The van der Waals surface area contributed by atoms with Crippen LogP contribution in [0.15, 0.2) is 47.1 Å². The summed E-state index contributed by atoms with van der Waals surface area (Å²) in [6.07, 6.45) is 1.51. The minimum absolute atomic E-state index is 0.0526. The normalized spacial score (nSPS) is 10.9. The zero-order valence-electron chi connectivity index (χ0n) is 10.00. The molecule has 0 saturated carbocycles. The number of hydrogen-bond acceptors (Lipinski definition) is 4. The van der Waals surface area contributed by atoms with Crippen molar-refractivity contribution in [1.29, 1.82) is 0 Å². The van der Waals surface area contributed by atoms with Gasteiger partial charge in [0.25, 0.3) is 0 Å². The molecule has 0 spiro atoms. The van der Waals surface area contributed by atoms with Gasteiger partial charge in [-0.3, -0.25) is 0 Å². The molecule has 0 atom stereocenters. The Kier molecular flexibility index (Phi) is 2.56. The summed E-state index contributed by atoms with van der Waals surface area (Å²) in [7, 11) is 0. The van der Waals surface area contributed by atoms with Gasteiger partial charge in [-0.05, 0) is 5.56 Å². The van der Waals surface area contributed by atoms with Crippen molar-refractivity contribution in [3.05, 3.63) is 53.8 Å². The topological polar surface area (TPSA) is 73.8 Å². The van der Waals surface area contributed by atoms with E-state index in [1.54, 1.807) is 0 Å². The Balaban J connectivity index is 2.15. The van der Waals surface area contributed by atoms with Crippen LogP contribution in [-0.4, -0.2) is 15.3 Å². The van der Waals surface area contributed by atoms with Crippen molar-refractivity contribution in [3.8, 4) is 17.2 Å². The van der Waals surface area contributed by atoms with Gasteiger partial charge >= 0.3 is 0 Å². The molecule has 2 aromatic carbocycles. The quantitative estimate of drug-likeness (QED) is 0.658. The standard InChI is InChI=1S/C15H12O4/c16-11-7-13-14(12(17)8-19-13)15(18)10(11)6-9-4-2-1-3-5-9/h1-5,7-8,16-18H,6H2. The number of aromatic hydroxyl groups is 3. The molecule has 4 heteroatoms. The van der Waals surface area contributed by atoms with Crippen molar-refractivity contribution in [3.63, 3.8) is 0 Å². The minimum atomic E-state index is -0.148. The van der Waals surface area contributed by atoms with E-state index < -0.39 is 0 Å². The molecule has 0 saturated heterocycles. The van der Waals surface area contributed by atoms with E-state index >= 15 is 0 Å². The second-order valence-corrected chi connectivity index (χ2v) is 4.38. The number of benzene rings is 2. The number of rotatable bonds is 2. The Morgan fingerprint density at radius 3 is 2.42 bits per heavy atom. The summed E-state index contributed by atoms with van der Waals surface area (Å²) < 4.78 is 5.05. The highest BCUT2D eigenvalue weighted by Gasteiger charge is 2.18. The van der Waals surface area contributed by atoms with E-state index in [-0.39, 0.29) is 28.2 Å². The highest BCUT2D eigenvalue weighted by Crippen LogP contribution is 2.42. The van der Waals surface area contributed by atoms with Gasteiger partial charge in [0.1, 0.15) is 28.7 Å². The molecular formula is C15H12O4. The molecule has 4 nitrogen and oxygen atoms in total. The Bertz CT molecular complexity index is 729. The lowest BCUT2D eigenvalue weighted by Gasteiger charge is -2.08. The molecule has 3 N–H and O–H groups in total. The van der Waals surface area contributed by atoms with Crippen LogP contribution in [0, 0.1) is 0 Å². The van der Waals surface area contributed by atoms with Gasteiger partial charge in [0.05, 0.1) is 0 Å². The fraction of sp³-hybridized carbons (Fsp3) is 0.0667. The summed E-state index contributed by atoms with van der Waals surface area (Å²) in [4.78, 5) is 0. The van der Waals surface area contributed by atoms with Gasteiger partial charge in [-0.1, -0.05) is 30.3 Å². The SMILES string of the molecule is Oc1cc2occ(O)c2c(O)c1Cc1ccccc1. The molecule has 0 aliphatic carbocycles. The van der Waals surface area contributed by atoms with Crippen molar-refractivity contribution >= 4 is 11.0 Å². The molecular weight excluding hydrogens is 244 g/mol. The van der Waals surface area contributed by atoms with Crippen LogP contribution >= 0.6 is 0 Å². The number of furan rings is 1. The zero-order chi connectivity index (χ0) is 13.4. The average Bonchev–Trinajstić information content (AvgIpc) is 2.77. The van der Waals surface area contributed by atoms with Crippen LogP contribution in [0.25, 0.3) is 11.0 Å². The molecule has 0 aliphatic heterocycles. The monoisotopic (exact) mass is 256 g/mol. The largest absolute Gasteiger partial charge is 0.507 e. The predicted molar refractivity (Wildman–Crippen MR) is 70.5 cm³/mol. The van der Waals surface area contributed by atoms with Crippen LogP contribution in [0.4, 0.5) is 0 Å². The van der Waals surface area contributed by atoms with E-state index in [9.17, 15) is 15.3 Å². The Morgan fingerprint density at radius 2 is 1.68 bits per heavy atom. The third-order valence-corrected chi connectivity index (χ3v) is 3.12. The molecule has 19 heavy (non-hydrogen) atoms. The van der Waals surface area contributed by atoms with Gasteiger partial charge < -0.3 is 19.7 Å². The molecule has 0 bridgehead atoms. The van der Waals surface area contributed by atoms with Gasteiger partial charge in [0.2, 0.25) is 0 Å². The van der Waals surface area contributed by atoms with E-state index in [2.05, 4.69) is 0 Å². The third-order valence-electron chi connectivity index (χ3n) is 3.12. The first-order chi connectivity index (χ1) is 9.16. The summed E-state index contributed by atoms with van der Waals surface area (Å²) >= 11 is 0. The maximum atomic E-state index is 10.2. The summed E-state index contributed by atoms with van der Waals surface area (Å²) in [5.41, 5.74) is 1.58. The van der Waals surface area contributed by atoms with Crippen LogP contribution in [0.1, 0.15) is 11.1 Å². The van der Waals surface area contributed by atoms with Crippen LogP contribution in [0.5, 0.6) is 17.2 Å². The first kappa shape index (κ1) is 11.5. The molecule has 1 aromatic heterocycles. The van der Waals surface area contributed by atoms with Crippen molar-refractivity contribution in [2.24, 2.45) is 0 Å². The number of phenolic OH excluding ortho intramolecular Hbond substituents is 2. The Labute approximate surface area is 109 Å². The molecule has 3 rings (SSSR count). The molecule has 0 fully saturated rings. The summed E-state index contributed by atoms with van der Waals surface area (Å²) in [6.45, 7) is 0. The highest BCUT2D eigenvalue weighted by atomic mass is 16.4. The molecule has 0 unspecified atom stereocenters. The second-order valence-electron chi connectivity index (χ2n) is 4.38. The van der Waals surface area contributed by atoms with E-state index in [4.69, 9.17) is 4.42 Å². The Hall–Kier alpha value is -2.62. The van der Waals surface area contributed by atoms with Crippen LogP contribution in [0.2, 0.25) is 0 Å². The summed E-state index contributed by atoms with van der Waals surface area (Å²) in [5.74, 6) is -0.338. The minimum Gasteiger partial charge on any atom is -0.507 e. The lowest BCUT2D eigenvalue weighted by atomic mass is 10.0. The molecule has 3 aromatic rings. The highest BCUT2D eigenvalue weighted by molar-refractivity contribution is 5.92. The summed E-state index contributed by atoms with van der Waals surface area (Å²) in [6, 6.07) is 10.9. The van der Waals surface area contributed by atoms with Gasteiger partial charge in [0.15, 0.2) is 5.75 Å². The van der Waals surface area contributed by atoms with Gasteiger partial charge in [-0.25, -0.2) is 0 Å². The smallest absolute Gasteiger partial charge is 0.165 e. The van der Waals surface area contributed by atoms with Crippen molar-refractivity contribution in [2.75, 3.05) is 0 Å². The summed E-state index contributed by atoms with van der Waals surface area (Å²) in [5, 5.41) is 30.0. The molecule has 0 radical (unpaired) electrons. The number of phenols is 2. The fourth-order valence-corrected chi connectivity index (χ4v) is 2.17. The van der Waals surface area contributed by atoms with E-state index in [0.717, 1.165) is 11.8 Å². The van der Waals surface area contributed by atoms with E-state index in [1.807, 2.05) is 30.3 Å². The van der Waals surface area contributed by atoms with Crippen LogP contribution in [0.3, 0.4) is 0 Å². The molecule has 96 valence electrons. The second kappa shape index (κ2) is 4.24. The van der Waals surface area contributed by atoms with Gasteiger partial charge in [-0.15, -0.1) is 0 Å². The molecule has 0 amide bonds. The lowest BCUT2D eigenvalue weighted by Crippen LogP contribution is -1.90. The maximum absolute atomic E-state index is 10.2. The zero-order valence-corrected chi connectivity index (χ0v) is 10.00. The fourth-order valence-electron chi connectivity index (χ4n) is 2.17. The van der Waals surface area contributed by atoms with Crippen LogP contribution < -0.4 is 0 Å². The third kappa shape index (κ3) is 1.87. The lowest BCUT2D eigenvalue weighted by molar-refractivity contribution is 0.441. The van der Waals surface area contributed by atoms with E-state index in [1.165, 1.54) is 6.07 Å². The predicted octanol–water partition coefficient (Wildman–Crippen LogP) is 3.14. The Morgan fingerprint density at radius 1 is 0.947 bits per heavy atom. The average molecular weight is 256 g/mol.